The summed E-state index contributed by atoms with van der Waals surface area (Å²) in [5.41, 5.74) is 8.75. The lowest BCUT2D eigenvalue weighted by Gasteiger charge is -2.15. The Labute approximate surface area is 136 Å². The first-order valence-corrected chi connectivity index (χ1v) is 7.79. The summed E-state index contributed by atoms with van der Waals surface area (Å²) in [4.78, 5) is 12.1. The van der Waals surface area contributed by atoms with E-state index in [0.29, 0.717) is 13.0 Å². The summed E-state index contributed by atoms with van der Waals surface area (Å²) in [6.45, 7) is 0.491. The van der Waals surface area contributed by atoms with Gasteiger partial charge in [0.2, 0.25) is 0 Å². The highest BCUT2D eigenvalue weighted by Crippen LogP contribution is 2.29. The van der Waals surface area contributed by atoms with Gasteiger partial charge in [-0.05, 0) is 48.2 Å². The van der Waals surface area contributed by atoms with E-state index in [9.17, 15) is 4.79 Å². The van der Waals surface area contributed by atoms with Gasteiger partial charge in [0.1, 0.15) is 5.75 Å². The van der Waals surface area contributed by atoms with E-state index in [1.807, 2.05) is 48.5 Å². The molecule has 2 aromatic rings. The van der Waals surface area contributed by atoms with Crippen LogP contribution in [0.15, 0.2) is 48.5 Å². The van der Waals surface area contributed by atoms with Gasteiger partial charge in [0, 0.05) is 11.6 Å². The van der Waals surface area contributed by atoms with Crippen LogP contribution in [0.25, 0.3) is 0 Å². The number of cyclic esters (lactones) is 1. The van der Waals surface area contributed by atoms with Crippen LogP contribution >= 0.6 is 0 Å². The molecule has 2 aromatic carbocycles. The first-order valence-electron chi connectivity index (χ1n) is 7.79. The molecule has 3 rings (SSSR count). The summed E-state index contributed by atoms with van der Waals surface area (Å²) in [5, 5.41) is 0. The van der Waals surface area contributed by atoms with E-state index in [1.54, 1.807) is 7.11 Å². The second-order valence-electron chi connectivity index (χ2n) is 5.99. The van der Waals surface area contributed by atoms with E-state index < -0.39 is 0 Å². The molecule has 1 aliphatic rings. The van der Waals surface area contributed by atoms with Crippen LogP contribution in [0.1, 0.15) is 11.1 Å². The maximum absolute atomic E-state index is 12.1. The summed E-state index contributed by atoms with van der Waals surface area (Å²) >= 11 is 0. The molecular weight excluding hydrogens is 290 g/mol. The van der Waals surface area contributed by atoms with Crippen molar-refractivity contribution >= 4 is 11.7 Å². The third-order valence-corrected chi connectivity index (χ3v) is 4.40. The summed E-state index contributed by atoms with van der Waals surface area (Å²) in [5.74, 6) is 0.848. The average molecular weight is 311 g/mol. The minimum atomic E-state index is -0.0969. The Morgan fingerprint density at radius 1 is 1.04 bits per heavy atom. The quantitative estimate of drug-likeness (QED) is 0.681. The van der Waals surface area contributed by atoms with Crippen LogP contribution < -0.4 is 10.5 Å². The molecule has 1 saturated heterocycles. The number of ether oxygens (including phenoxy) is 2. The van der Waals surface area contributed by atoms with E-state index >= 15 is 0 Å². The van der Waals surface area contributed by atoms with Crippen molar-refractivity contribution in [2.45, 2.75) is 12.8 Å². The van der Waals surface area contributed by atoms with E-state index in [1.165, 1.54) is 5.56 Å². The van der Waals surface area contributed by atoms with Gasteiger partial charge in [0.25, 0.3) is 0 Å². The highest BCUT2D eigenvalue weighted by molar-refractivity contribution is 5.75. The van der Waals surface area contributed by atoms with E-state index in [-0.39, 0.29) is 17.8 Å². The van der Waals surface area contributed by atoms with Gasteiger partial charge in [-0.15, -0.1) is 0 Å². The minimum Gasteiger partial charge on any atom is -0.497 e. The predicted molar refractivity (Wildman–Crippen MR) is 89.2 cm³/mol. The summed E-state index contributed by atoms with van der Waals surface area (Å²) in [6, 6.07) is 15.7. The van der Waals surface area contributed by atoms with Gasteiger partial charge in [0.15, 0.2) is 0 Å². The SMILES string of the molecule is COc1ccc(CC2COC(=O)C2Cc2ccc(N)cc2)cc1. The van der Waals surface area contributed by atoms with Crippen molar-refractivity contribution in [2.24, 2.45) is 11.8 Å². The largest absolute Gasteiger partial charge is 0.497 e. The fourth-order valence-electron chi connectivity index (χ4n) is 3.03. The number of rotatable bonds is 5. The topological polar surface area (TPSA) is 61.5 Å². The van der Waals surface area contributed by atoms with Crippen LogP contribution in [0.4, 0.5) is 5.69 Å². The average Bonchev–Trinajstić information content (AvgIpc) is 2.91. The zero-order valence-electron chi connectivity index (χ0n) is 13.2. The fraction of sp³-hybridized carbons (Fsp3) is 0.316. The lowest BCUT2D eigenvalue weighted by Crippen LogP contribution is -2.20. The van der Waals surface area contributed by atoms with E-state index in [0.717, 1.165) is 23.4 Å². The van der Waals surface area contributed by atoms with Crippen LogP contribution in [-0.4, -0.2) is 19.7 Å². The van der Waals surface area contributed by atoms with Gasteiger partial charge >= 0.3 is 5.97 Å². The smallest absolute Gasteiger partial charge is 0.309 e. The van der Waals surface area contributed by atoms with Gasteiger partial charge in [-0.25, -0.2) is 0 Å². The van der Waals surface area contributed by atoms with Gasteiger partial charge in [0.05, 0.1) is 19.6 Å². The summed E-state index contributed by atoms with van der Waals surface area (Å²) in [6.07, 6.45) is 1.52. The number of hydrogen-bond acceptors (Lipinski definition) is 4. The van der Waals surface area contributed by atoms with Crippen LogP contribution in [0.3, 0.4) is 0 Å². The maximum Gasteiger partial charge on any atom is 0.309 e. The van der Waals surface area contributed by atoms with Crippen LogP contribution in [0.5, 0.6) is 5.75 Å². The molecular formula is C19H21NO3. The number of nitrogen functional groups attached to an aromatic ring is 1. The van der Waals surface area contributed by atoms with E-state index in [4.69, 9.17) is 15.2 Å². The number of anilines is 1. The molecule has 4 heteroatoms. The normalized spacial score (nSPS) is 20.3. The number of carbonyl (C=O) groups is 1. The molecule has 1 fully saturated rings. The van der Waals surface area contributed by atoms with Crippen LogP contribution in [0, 0.1) is 11.8 Å². The second kappa shape index (κ2) is 6.73. The molecule has 1 aliphatic heterocycles. The van der Waals surface area contributed by atoms with Gasteiger partial charge < -0.3 is 15.2 Å². The summed E-state index contributed by atoms with van der Waals surface area (Å²) in [7, 11) is 1.65. The Morgan fingerprint density at radius 3 is 2.30 bits per heavy atom. The second-order valence-corrected chi connectivity index (χ2v) is 5.99. The lowest BCUT2D eigenvalue weighted by molar-refractivity contribution is -0.141. The Bertz CT molecular complexity index is 664. The molecule has 2 atom stereocenters. The number of esters is 1. The van der Waals surface area contributed by atoms with Crippen molar-refractivity contribution in [3.8, 4) is 5.75 Å². The third kappa shape index (κ3) is 3.65. The molecule has 2 N–H and O–H groups in total. The van der Waals surface area contributed by atoms with Crippen molar-refractivity contribution in [2.75, 3.05) is 19.5 Å². The monoisotopic (exact) mass is 311 g/mol. The highest BCUT2D eigenvalue weighted by atomic mass is 16.5. The zero-order valence-corrected chi connectivity index (χ0v) is 13.2. The number of methoxy groups -OCH3 is 1. The molecule has 120 valence electrons. The zero-order chi connectivity index (χ0) is 16.2. The Balaban J connectivity index is 1.69. The number of benzene rings is 2. The summed E-state index contributed by atoms with van der Waals surface area (Å²) < 4.78 is 10.5. The maximum atomic E-state index is 12.1. The van der Waals surface area contributed by atoms with Crippen molar-refractivity contribution in [1.82, 2.24) is 0 Å². The Morgan fingerprint density at radius 2 is 1.65 bits per heavy atom. The number of carbonyl (C=O) groups excluding carboxylic acids is 1. The molecule has 1 heterocycles. The molecule has 0 aliphatic carbocycles. The Kier molecular flexibility index (Phi) is 4.51. The van der Waals surface area contributed by atoms with Crippen molar-refractivity contribution in [3.63, 3.8) is 0 Å². The first kappa shape index (κ1) is 15.4. The van der Waals surface area contributed by atoms with Crippen molar-refractivity contribution in [3.05, 3.63) is 59.7 Å². The molecule has 2 unspecified atom stereocenters. The highest BCUT2D eigenvalue weighted by Gasteiger charge is 2.36. The molecule has 0 aromatic heterocycles. The van der Waals surface area contributed by atoms with Crippen molar-refractivity contribution < 1.29 is 14.3 Å². The molecule has 0 radical (unpaired) electrons. The predicted octanol–water partition coefficient (Wildman–Crippen LogP) is 2.85. The third-order valence-electron chi connectivity index (χ3n) is 4.40. The van der Waals surface area contributed by atoms with Gasteiger partial charge in [-0.3, -0.25) is 4.79 Å². The first-order chi connectivity index (χ1) is 11.2. The standard InChI is InChI=1S/C19H21NO3/c1-22-17-8-4-13(5-9-17)10-15-12-23-19(21)18(15)11-14-2-6-16(20)7-3-14/h2-9,15,18H,10-12,20H2,1H3. The van der Waals surface area contributed by atoms with Crippen LogP contribution in [-0.2, 0) is 22.4 Å². The van der Waals surface area contributed by atoms with Gasteiger partial charge in [-0.1, -0.05) is 24.3 Å². The molecule has 0 spiro atoms. The lowest BCUT2D eigenvalue weighted by atomic mass is 9.85. The Hall–Kier alpha value is -2.49. The van der Waals surface area contributed by atoms with Gasteiger partial charge in [-0.2, -0.15) is 0 Å². The minimum absolute atomic E-state index is 0.0965. The number of nitrogens with two attached hydrogens (primary N) is 1. The fourth-order valence-corrected chi connectivity index (χ4v) is 3.03. The molecule has 4 nitrogen and oxygen atoms in total. The number of hydrogen-bond donors (Lipinski definition) is 1. The molecule has 0 bridgehead atoms. The molecule has 0 amide bonds. The van der Waals surface area contributed by atoms with Crippen LogP contribution in [0.2, 0.25) is 0 Å². The molecule has 0 saturated carbocycles. The van der Waals surface area contributed by atoms with E-state index in [2.05, 4.69) is 0 Å². The molecule has 23 heavy (non-hydrogen) atoms. The van der Waals surface area contributed by atoms with Crippen molar-refractivity contribution in [1.29, 1.82) is 0 Å².